The number of allylic oxidation sites excluding steroid dienone is 6. The minimum atomic E-state index is -1.25. The van der Waals surface area contributed by atoms with E-state index in [-0.39, 0.29) is 43.9 Å². The number of carbonyl (C=O) groups is 2. The molecule has 9 unspecified atom stereocenters. The largest absolute Gasteiger partial charge is 0.464 e. The lowest BCUT2D eigenvalue weighted by molar-refractivity contribution is -0.198. The zero-order valence-corrected chi connectivity index (χ0v) is 26.4. The molecule has 3 aliphatic heterocycles. The van der Waals surface area contributed by atoms with Crippen LogP contribution in [0.4, 0.5) is 0 Å². The first-order valence-corrected chi connectivity index (χ1v) is 15.7. The first-order valence-electron chi connectivity index (χ1n) is 15.7. The molecule has 0 radical (unpaired) electrons. The molecule has 0 aliphatic carbocycles. The van der Waals surface area contributed by atoms with Gasteiger partial charge in [-0.1, -0.05) is 80.2 Å². The number of ether oxygens (including phenoxy) is 4. The Morgan fingerprint density at radius 1 is 1.16 bits per heavy atom. The number of carbonyl (C=O) groups excluding carboxylic acids is 2. The molecular weight excluding hydrogens is 564 g/mol. The lowest BCUT2D eigenvalue weighted by Gasteiger charge is -2.47. The summed E-state index contributed by atoms with van der Waals surface area (Å²) >= 11 is 0. The van der Waals surface area contributed by atoms with E-state index in [1.807, 2.05) is 51.2 Å². The van der Waals surface area contributed by atoms with Crippen LogP contribution in [0.1, 0.15) is 66.2 Å². The normalized spacial score (nSPS) is 35.0. The molecule has 2 fully saturated rings. The smallest absolute Gasteiger partial charge is 0.335 e. The third-order valence-electron chi connectivity index (χ3n) is 8.58. The van der Waals surface area contributed by atoms with Crippen LogP contribution >= 0.6 is 0 Å². The first kappa shape index (κ1) is 35.7. The van der Waals surface area contributed by atoms with Crippen LogP contribution in [0.25, 0.3) is 0 Å². The van der Waals surface area contributed by atoms with Crippen molar-refractivity contribution in [3.05, 3.63) is 72.4 Å². The topological polar surface area (TPSA) is 132 Å². The van der Waals surface area contributed by atoms with Gasteiger partial charge in [-0.3, -0.25) is 0 Å². The summed E-state index contributed by atoms with van der Waals surface area (Å²) in [6.07, 6.45) is 19.4. The predicted molar refractivity (Wildman–Crippen MR) is 167 cm³/mol. The van der Waals surface area contributed by atoms with E-state index >= 15 is 0 Å². The van der Waals surface area contributed by atoms with Gasteiger partial charge in [0.1, 0.15) is 6.10 Å². The molecule has 9 nitrogen and oxygen atoms in total. The minimum Gasteiger partial charge on any atom is -0.464 e. The molecule has 0 aromatic carbocycles. The SMILES string of the molecule is CCOC(=O)C(O)CC=CCC1OC2C=CC/C=C/C(C)=CC3OC(CC=CC=CC(=O)OC(C2)C1(C)CO)CC(O)C3C. The summed E-state index contributed by atoms with van der Waals surface area (Å²) < 4.78 is 23.4. The average Bonchev–Trinajstić information content (AvgIpc) is 2.98. The summed E-state index contributed by atoms with van der Waals surface area (Å²) in [6.45, 7) is 7.46. The molecule has 44 heavy (non-hydrogen) atoms. The second-order valence-corrected chi connectivity index (χ2v) is 12.1. The third kappa shape index (κ3) is 10.4. The van der Waals surface area contributed by atoms with Crippen LogP contribution in [0.3, 0.4) is 0 Å². The fourth-order valence-electron chi connectivity index (χ4n) is 5.67. The molecule has 0 saturated carbocycles. The Kier molecular flexibility index (Phi) is 14.3. The van der Waals surface area contributed by atoms with E-state index in [1.165, 1.54) is 6.08 Å². The summed E-state index contributed by atoms with van der Waals surface area (Å²) in [5.41, 5.74) is 0.162. The van der Waals surface area contributed by atoms with Gasteiger partial charge in [-0.25, -0.2) is 9.59 Å². The lowest BCUT2D eigenvalue weighted by atomic mass is 9.73. The summed E-state index contributed by atoms with van der Waals surface area (Å²) in [5, 5.41) is 31.1. The van der Waals surface area contributed by atoms with Gasteiger partial charge >= 0.3 is 11.9 Å². The van der Waals surface area contributed by atoms with Crippen molar-refractivity contribution in [2.45, 2.75) is 109 Å². The number of hydrogen-bond donors (Lipinski definition) is 3. The number of esters is 2. The summed E-state index contributed by atoms with van der Waals surface area (Å²) in [4.78, 5) is 24.6. The van der Waals surface area contributed by atoms with Gasteiger partial charge in [0.25, 0.3) is 0 Å². The van der Waals surface area contributed by atoms with Crippen LogP contribution < -0.4 is 0 Å². The molecule has 9 heteroatoms. The molecule has 2 saturated heterocycles. The van der Waals surface area contributed by atoms with Gasteiger partial charge in [0.2, 0.25) is 0 Å². The Morgan fingerprint density at radius 2 is 1.95 bits per heavy atom. The highest BCUT2D eigenvalue weighted by Gasteiger charge is 2.49. The Morgan fingerprint density at radius 3 is 2.70 bits per heavy atom. The Hall–Kier alpha value is -2.82. The van der Waals surface area contributed by atoms with E-state index < -0.39 is 41.8 Å². The molecule has 0 aromatic rings. The average molecular weight is 615 g/mol. The molecule has 0 spiro atoms. The van der Waals surface area contributed by atoms with Gasteiger partial charge in [0, 0.05) is 31.3 Å². The molecule has 3 heterocycles. The Labute approximate surface area is 261 Å². The molecule has 4 bridgehead atoms. The highest BCUT2D eigenvalue weighted by Crippen LogP contribution is 2.41. The third-order valence-corrected chi connectivity index (χ3v) is 8.58. The molecule has 244 valence electrons. The van der Waals surface area contributed by atoms with Crippen LogP contribution in [0.15, 0.2) is 72.4 Å². The minimum absolute atomic E-state index is 0.0163. The van der Waals surface area contributed by atoms with Crippen molar-refractivity contribution in [3.8, 4) is 0 Å². The van der Waals surface area contributed by atoms with Crippen molar-refractivity contribution in [2.75, 3.05) is 13.2 Å². The first-order chi connectivity index (χ1) is 21.1. The van der Waals surface area contributed by atoms with E-state index in [0.717, 1.165) is 5.57 Å². The van der Waals surface area contributed by atoms with Crippen LogP contribution in [0, 0.1) is 11.3 Å². The number of aliphatic hydroxyl groups excluding tert-OH is 3. The van der Waals surface area contributed by atoms with E-state index in [0.29, 0.717) is 32.1 Å². The van der Waals surface area contributed by atoms with Gasteiger partial charge in [-0.2, -0.15) is 0 Å². The van der Waals surface area contributed by atoms with Crippen LogP contribution in [-0.4, -0.2) is 83.2 Å². The van der Waals surface area contributed by atoms with Gasteiger partial charge in [0.05, 0.1) is 49.1 Å². The van der Waals surface area contributed by atoms with Crippen molar-refractivity contribution in [3.63, 3.8) is 0 Å². The molecular formula is C35H50O9. The van der Waals surface area contributed by atoms with E-state index in [4.69, 9.17) is 18.9 Å². The van der Waals surface area contributed by atoms with Gasteiger partial charge in [-0.05, 0) is 33.1 Å². The van der Waals surface area contributed by atoms with Crippen LogP contribution in [0.2, 0.25) is 0 Å². The fourth-order valence-corrected chi connectivity index (χ4v) is 5.67. The van der Waals surface area contributed by atoms with Gasteiger partial charge < -0.3 is 34.3 Å². The van der Waals surface area contributed by atoms with Crippen molar-refractivity contribution >= 4 is 11.9 Å². The van der Waals surface area contributed by atoms with Gasteiger partial charge in [0.15, 0.2) is 6.10 Å². The maximum absolute atomic E-state index is 12.9. The van der Waals surface area contributed by atoms with Gasteiger partial charge in [-0.15, -0.1) is 0 Å². The quantitative estimate of drug-likeness (QED) is 0.281. The van der Waals surface area contributed by atoms with E-state index in [9.17, 15) is 24.9 Å². The zero-order chi connectivity index (χ0) is 32.1. The van der Waals surface area contributed by atoms with Crippen LogP contribution in [-0.2, 0) is 28.5 Å². The molecule has 3 rings (SSSR count). The van der Waals surface area contributed by atoms with E-state index in [1.54, 1.807) is 31.2 Å². The molecule has 0 amide bonds. The zero-order valence-electron chi connectivity index (χ0n) is 26.4. The number of hydrogen-bond acceptors (Lipinski definition) is 9. The second kappa shape index (κ2) is 17.6. The van der Waals surface area contributed by atoms with Crippen molar-refractivity contribution in [1.82, 2.24) is 0 Å². The maximum atomic E-state index is 12.9. The highest BCUT2D eigenvalue weighted by molar-refractivity contribution is 5.82. The predicted octanol–water partition coefficient (Wildman–Crippen LogP) is 4.43. The highest BCUT2D eigenvalue weighted by atomic mass is 16.6. The summed E-state index contributed by atoms with van der Waals surface area (Å²) in [7, 11) is 0. The molecule has 9 atom stereocenters. The number of aliphatic hydroxyl groups is 3. The summed E-state index contributed by atoms with van der Waals surface area (Å²) in [6, 6.07) is 0. The second-order valence-electron chi connectivity index (χ2n) is 12.1. The molecule has 3 N–H and O–H groups in total. The Bertz CT molecular complexity index is 1120. The van der Waals surface area contributed by atoms with E-state index in [2.05, 4.69) is 6.08 Å². The molecule has 0 aromatic heterocycles. The molecule has 3 aliphatic rings. The number of rotatable bonds is 7. The summed E-state index contributed by atoms with van der Waals surface area (Å²) in [5.74, 6) is -1.21. The Balaban J connectivity index is 1.80. The van der Waals surface area contributed by atoms with Crippen LogP contribution in [0.5, 0.6) is 0 Å². The van der Waals surface area contributed by atoms with Crippen molar-refractivity contribution < 1.29 is 43.9 Å². The fraction of sp³-hybridized carbons (Fsp3) is 0.600. The number of fused-ring (bicyclic) bond motifs is 4. The lowest BCUT2D eigenvalue weighted by Crippen LogP contribution is -2.55. The standard InChI is InChI=1S/C35H50O9/c1-5-41-34(40)28(37)17-12-13-18-31-35(4,23-36)32-22-27(43-31)16-9-6-8-14-24(2)20-30-25(3)29(38)21-26(42-30)15-10-7-11-19-33(39)44-32/h7-14,16,19-20,25-32,36-38H,5-6,15,17-18,21-23H2,1-4H3/b10-7?,13-12?,14-8+,16-9?,19-11?,24-20?. The van der Waals surface area contributed by atoms with Crippen molar-refractivity contribution in [2.24, 2.45) is 11.3 Å². The maximum Gasteiger partial charge on any atom is 0.335 e. The van der Waals surface area contributed by atoms with Crippen molar-refractivity contribution in [1.29, 1.82) is 0 Å². The monoisotopic (exact) mass is 614 g/mol.